The molecule has 1 fully saturated rings. The molecule has 0 saturated carbocycles. The van der Waals surface area contributed by atoms with E-state index in [0.29, 0.717) is 6.04 Å². The zero-order chi connectivity index (χ0) is 19.3. The number of methoxy groups -OCH3 is 1. The zero-order valence-corrected chi connectivity index (χ0v) is 16.4. The minimum atomic E-state index is -0.0500. The number of aliphatic hydroxyl groups is 2. The van der Waals surface area contributed by atoms with Crippen LogP contribution < -0.4 is 4.74 Å². The van der Waals surface area contributed by atoms with Crippen LogP contribution in [0.15, 0.2) is 30.3 Å². The Labute approximate surface area is 165 Å². The van der Waals surface area contributed by atoms with Gasteiger partial charge >= 0.3 is 0 Å². The monoisotopic (exact) mass is 377 g/mol. The molecule has 0 aliphatic carbocycles. The van der Waals surface area contributed by atoms with Crippen LogP contribution in [0.1, 0.15) is 41.5 Å². The third-order valence-corrected chi connectivity index (χ3v) is 6.71. The van der Waals surface area contributed by atoms with E-state index >= 15 is 0 Å². The van der Waals surface area contributed by atoms with Crippen LogP contribution >= 0.6 is 0 Å². The molecule has 4 nitrogen and oxygen atoms in total. The molecule has 3 aromatic carbocycles. The molecule has 0 aromatic heterocycles. The Morgan fingerprint density at radius 2 is 1.82 bits per heavy atom. The standard InChI is InChI=1S/C24H27NO3/c1-28-24-11-22-20(9-16(24)14-27)19-8-15(13-26)5-6-18(19)21-10-17-4-2-3-7-25(17)12-23(21)22/h5-6,8-9,11,17,26-27H,2-4,7,10,12-14H2,1H3. The average Bonchev–Trinajstić information content (AvgIpc) is 2.76. The highest BCUT2D eigenvalue weighted by atomic mass is 16.5. The number of benzene rings is 3. The quantitative estimate of drug-likeness (QED) is 0.680. The van der Waals surface area contributed by atoms with Crippen molar-refractivity contribution in [1.82, 2.24) is 4.90 Å². The van der Waals surface area contributed by atoms with Gasteiger partial charge in [0.25, 0.3) is 0 Å². The maximum atomic E-state index is 9.85. The molecule has 2 heterocycles. The van der Waals surface area contributed by atoms with Crippen LogP contribution in [0.3, 0.4) is 0 Å². The normalized spacial score (nSPS) is 19.6. The largest absolute Gasteiger partial charge is 0.496 e. The number of ether oxygens (including phenoxy) is 1. The van der Waals surface area contributed by atoms with Gasteiger partial charge in [-0.2, -0.15) is 0 Å². The zero-order valence-electron chi connectivity index (χ0n) is 16.4. The van der Waals surface area contributed by atoms with E-state index in [2.05, 4.69) is 29.2 Å². The molecule has 2 N–H and O–H groups in total. The van der Waals surface area contributed by atoms with Gasteiger partial charge < -0.3 is 14.9 Å². The lowest BCUT2D eigenvalue weighted by Gasteiger charge is -2.41. The second-order valence-electron chi connectivity index (χ2n) is 8.19. The highest BCUT2D eigenvalue weighted by Crippen LogP contribution is 2.41. The van der Waals surface area contributed by atoms with Crippen LogP contribution in [0.4, 0.5) is 0 Å². The van der Waals surface area contributed by atoms with Crippen molar-refractivity contribution in [2.75, 3.05) is 13.7 Å². The van der Waals surface area contributed by atoms with Crippen molar-refractivity contribution in [3.8, 4) is 5.75 Å². The second kappa shape index (κ2) is 7.03. The van der Waals surface area contributed by atoms with Crippen molar-refractivity contribution in [3.05, 3.63) is 52.6 Å². The molecule has 2 aliphatic heterocycles. The van der Waals surface area contributed by atoms with E-state index in [1.165, 1.54) is 53.1 Å². The van der Waals surface area contributed by atoms with Gasteiger partial charge in [-0.25, -0.2) is 0 Å². The Kier molecular flexibility index (Phi) is 4.50. The molecule has 1 unspecified atom stereocenters. The van der Waals surface area contributed by atoms with Crippen LogP contribution in [0.2, 0.25) is 0 Å². The van der Waals surface area contributed by atoms with Crippen LogP contribution in [0.5, 0.6) is 5.75 Å². The van der Waals surface area contributed by atoms with Gasteiger partial charge in [-0.15, -0.1) is 0 Å². The van der Waals surface area contributed by atoms with Gasteiger partial charge in [-0.3, -0.25) is 4.90 Å². The molecule has 28 heavy (non-hydrogen) atoms. The summed E-state index contributed by atoms with van der Waals surface area (Å²) in [6.07, 6.45) is 4.98. The molecule has 0 radical (unpaired) electrons. The molecule has 0 amide bonds. The minimum Gasteiger partial charge on any atom is -0.496 e. The van der Waals surface area contributed by atoms with Gasteiger partial charge in [0.1, 0.15) is 5.75 Å². The molecular weight excluding hydrogens is 350 g/mol. The third-order valence-electron chi connectivity index (χ3n) is 6.71. The highest BCUT2D eigenvalue weighted by Gasteiger charge is 2.31. The summed E-state index contributed by atoms with van der Waals surface area (Å²) in [7, 11) is 1.67. The number of aliphatic hydroxyl groups excluding tert-OH is 2. The van der Waals surface area contributed by atoms with Crippen molar-refractivity contribution in [2.24, 2.45) is 0 Å². The summed E-state index contributed by atoms with van der Waals surface area (Å²) in [6, 6.07) is 11.1. The Morgan fingerprint density at radius 3 is 2.61 bits per heavy atom. The van der Waals surface area contributed by atoms with Gasteiger partial charge in [-0.1, -0.05) is 18.6 Å². The summed E-state index contributed by atoms with van der Waals surface area (Å²) in [5, 5.41) is 24.3. The number of nitrogens with zero attached hydrogens (tertiary/aromatic N) is 1. The van der Waals surface area contributed by atoms with Crippen LogP contribution in [0.25, 0.3) is 21.5 Å². The minimum absolute atomic E-state index is 0.0356. The molecule has 2 aliphatic rings. The summed E-state index contributed by atoms with van der Waals surface area (Å²) in [4.78, 5) is 2.64. The molecule has 1 atom stereocenters. The van der Waals surface area contributed by atoms with E-state index in [-0.39, 0.29) is 13.2 Å². The van der Waals surface area contributed by atoms with Crippen molar-refractivity contribution in [1.29, 1.82) is 0 Å². The number of rotatable bonds is 3. The lowest BCUT2D eigenvalue weighted by molar-refractivity contribution is 0.128. The second-order valence-corrected chi connectivity index (χ2v) is 8.19. The van der Waals surface area contributed by atoms with Crippen LogP contribution in [-0.4, -0.2) is 34.8 Å². The van der Waals surface area contributed by atoms with E-state index in [1.54, 1.807) is 7.11 Å². The lowest BCUT2D eigenvalue weighted by atomic mass is 9.82. The van der Waals surface area contributed by atoms with E-state index in [4.69, 9.17) is 4.74 Å². The van der Waals surface area contributed by atoms with Crippen LogP contribution in [0, 0.1) is 0 Å². The van der Waals surface area contributed by atoms with E-state index in [0.717, 1.165) is 35.2 Å². The molecule has 5 rings (SSSR count). The van der Waals surface area contributed by atoms with Crippen molar-refractivity contribution in [3.63, 3.8) is 0 Å². The Hall–Kier alpha value is -2.14. The molecule has 146 valence electrons. The molecule has 0 spiro atoms. The van der Waals surface area contributed by atoms with E-state index in [1.807, 2.05) is 6.07 Å². The van der Waals surface area contributed by atoms with E-state index < -0.39 is 0 Å². The van der Waals surface area contributed by atoms with Crippen LogP contribution in [-0.2, 0) is 26.2 Å². The fourth-order valence-corrected chi connectivity index (χ4v) is 5.26. The lowest BCUT2D eigenvalue weighted by Crippen LogP contribution is -2.43. The molecule has 1 saturated heterocycles. The summed E-state index contributed by atoms with van der Waals surface area (Å²) in [6.45, 7) is 2.15. The molecular formula is C24H27NO3. The fourth-order valence-electron chi connectivity index (χ4n) is 5.26. The SMILES string of the molecule is COc1cc2c3c(c4ccc(CO)cc4c2cc1CO)CC1CCCCN1C3. The maximum absolute atomic E-state index is 9.85. The predicted octanol–water partition coefficient (Wildman–Crippen LogP) is 3.90. The Balaban J connectivity index is 1.85. The first-order valence-corrected chi connectivity index (χ1v) is 10.3. The summed E-state index contributed by atoms with van der Waals surface area (Å²) < 4.78 is 5.59. The summed E-state index contributed by atoms with van der Waals surface area (Å²) in [5.41, 5.74) is 4.58. The number of hydrogen-bond acceptors (Lipinski definition) is 4. The first-order valence-electron chi connectivity index (χ1n) is 10.3. The summed E-state index contributed by atoms with van der Waals surface area (Å²) in [5.74, 6) is 0.746. The smallest absolute Gasteiger partial charge is 0.125 e. The van der Waals surface area contributed by atoms with Crippen molar-refractivity contribution in [2.45, 2.75) is 51.5 Å². The average molecular weight is 377 g/mol. The first kappa shape index (κ1) is 17.9. The number of fused-ring (bicyclic) bond motifs is 7. The van der Waals surface area contributed by atoms with Gasteiger partial charge in [0.05, 0.1) is 20.3 Å². The number of hydrogen-bond donors (Lipinski definition) is 2. The van der Waals surface area contributed by atoms with Gasteiger partial charge in [0.15, 0.2) is 0 Å². The van der Waals surface area contributed by atoms with Gasteiger partial charge in [-0.05, 0) is 82.2 Å². The van der Waals surface area contributed by atoms with Gasteiger partial charge in [0.2, 0.25) is 0 Å². The highest BCUT2D eigenvalue weighted by molar-refractivity contribution is 6.11. The topological polar surface area (TPSA) is 52.9 Å². The number of piperidine rings is 1. The molecule has 0 bridgehead atoms. The van der Waals surface area contributed by atoms with Crippen molar-refractivity contribution >= 4 is 21.5 Å². The maximum Gasteiger partial charge on any atom is 0.125 e. The first-order chi connectivity index (χ1) is 13.7. The predicted molar refractivity (Wildman–Crippen MR) is 112 cm³/mol. The Morgan fingerprint density at radius 1 is 0.964 bits per heavy atom. The fraction of sp³-hybridized carbons (Fsp3) is 0.417. The Bertz CT molecular complexity index is 1060. The molecule has 3 aromatic rings. The molecule has 4 heteroatoms. The van der Waals surface area contributed by atoms with E-state index in [9.17, 15) is 10.2 Å². The third kappa shape index (κ3) is 2.71. The summed E-state index contributed by atoms with van der Waals surface area (Å²) >= 11 is 0. The van der Waals surface area contributed by atoms with Crippen molar-refractivity contribution < 1.29 is 14.9 Å². The van der Waals surface area contributed by atoms with Gasteiger partial charge in [0, 0.05) is 18.2 Å².